The fourth-order valence-electron chi connectivity index (χ4n) is 2.54. The Morgan fingerprint density at radius 3 is 2.62 bits per heavy atom. The molecule has 1 aromatic carbocycles. The number of amides is 1. The Hall–Kier alpha value is -2.87. The molecule has 1 amide bonds. The highest BCUT2D eigenvalue weighted by atomic mass is 32.2. The molecule has 0 saturated carbocycles. The van der Waals surface area contributed by atoms with E-state index < -0.39 is 9.84 Å². The van der Waals surface area contributed by atoms with Crippen molar-refractivity contribution in [3.8, 4) is 0 Å². The molecule has 2 aromatic heterocycles. The number of carbonyl (C=O) groups is 1. The van der Waals surface area contributed by atoms with Crippen molar-refractivity contribution in [1.82, 2.24) is 15.1 Å². The third-order valence-corrected chi connectivity index (χ3v) is 5.64. The largest absolute Gasteiger partial charge is 0.467 e. The van der Waals surface area contributed by atoms with Crippen LogP contribution < -0.4 is 5.32 Å². The van der Waals surface area contributed by atoms with Gasteiger partial charge in [0.1, 0.15) is 11.8 Å². The van der Waals surface area contributed by atoms with Crippen molar-refractivity contribution in [2.75, 3.05) is 12.3 Å². The highest BCUT2D eigenvalue weighted by Crippen LogP contribution is 2.17. The van der Waals surface area contributed by atoms with Crippen LogP contribution in [0.4, 0.5) is 0 Å². The van der Waals surface area contributed by atoms with Crippen molar-refractivity contribution < 1.29 is 17.6 Å². The summed E-state index contributed by atoms with van der Waals surface area (Å²) in [5, 5.41) is 6.94. The molecule has 0 bridgehead atoms. The monoisotopic (exact) mass is 373 g/mol. The van der Waals surface area contributed by atoms with Gasteiger partial charge in [-0.1, -0.05) is 18.2 Å². The predicted molar refractivity (Wildman–Crippen MR) is 95.2 cm³/mol. The lowest BCUT2D eigenvalue weighted by atomic mass is 10.2. The van der Waals surface area contributed by atoms with E-state index >= 15 is 0 Å². The summed E-state index contributed by atoms with van der Waals surface area (Å²) in [7, 11) is -3.48. The zero-order chi connectivity index (χ0) is 18.4. The lowest BCUT2D eigenvalue weighted by Gasteiger charge is -2.16. The molecule has 1 unspecified atom stereocenters. The number of nitrogens with zero attached hydrogens (tertiary/aromatic N) is 2. The van der Waals surface area contributed by atoms with Crippen molar-refractivity contribution in [3.63, 3.8) is 0 Å². The van der Waals surface area contributed by atoms with Crippen LogP contribution in [-0.4, -0.2) is 36.4 Å². The fourth-order valence-corrected chi connectivity index (χ4v) is 3.80. The number of furan rings is 1. The van der Waals surface area contributed by atoms with E-state index in [1.807, 2.05) is 0 Å². The van der Waals surface area contributed by atoms with Crippen LogP contribution in [0.25, 0.3) is 0 Å². The molecule has 3 aromatic rings. The van der Waals surface area contributed by atoms with E-state index in [0.717, 1.165) is 0 Å². The van der Waals surface area contributed by atoms with Gasteiger partial charge in [-0.15, -0.1) is 0 Å². The van der Waals surface area contributed by atoms with E-state index in [1.54, 1.807) is 59.7 Å². The van der Waals surface area contributed by atoms with Gasteiger partial charge in [-0.25, -0.2) is 8.42 Å². The first-order valence-corrected chi connectivity index (χ1v) is 9.78. The minimum absolute atomic E-state index is 0.110. The summed E-state index contributed by atoms with van der Waals surface area (Å²) in [4.78, 5) is 12.3. The van der Waals surface area contributed by atoms with Crippen molar-refractivity contribution in [3.05, 3.63) is 72.9 Å². The average Bonchev–Trinajstić information content (AvgIpc) is 3.36. The Morgan fingerprint density at radius 2 is 1.96 bits per heavy atom. The molecule has 136 valence electrons. The van der Waals surface area contributed by atoms with Gasteiger partial charge < -0.3 is 9.73 Å². The first-order chi connectivity index (χ1) is 12.6. The molecule has 8 heteroatoms. The Labute approximate surface area is 151 Å². The predicted octanol–water partition coefficient (Wildman–Crippen LogP) is 2.05. The number of carbonyl (C=O) groups excluding carboxylic acids is 1. The van der Waals surface area contributed by atoms with E-state index in [4.69, 9.17) is 4.42 Å². The summed E-state index contributed by atoms with van der Waals surface area (Å²) < 4.78 is 31.6. The van der Waals surface area contributed by atoms with E-state index in [9.17, 15) is 13.2 Å². The van der Waals surface area contributed by atoms with E-state index in [-0.39, 0.29) is 35.6 Å². The number of nitrogens with one attached hydrogen (secondary N) is 1. The maximum atomic E-state index is 12.2. The third-order valence-electron chi connectivity index (χ3n) is 3.91. The van der Waals surface area contributed by atoms with Gasteiger partial charge in [-0.3, -0.25) is 9.48 Å². The Bertz CT molecular complexity index is 886. The summed E-state index contributed by atoms with van der Waals surface area (Å²) in [5.41, 5.74) is 0. The average molecular weight is 373 g/mol. The molecule has 0 radical (unpaired) electrons. The molecule has 0 fully saturated rings. The second kappa shape index (κ2) is 8.01. The van der Waals surface area contributed by atoms with Gasteiger partial charge in [-0.2, -0.15) is 5.10 Å². The molecule has 0 spiro atoms. The van der Waals surface area contributed by atoms with E-state index in [2.05, 4.69) is 10.4 Å². The number of benzene rings is 1. The minimum atomic E-state index is -3.48. The molecule has 26 heavy (non-hydrogen) atoms. The number of sulfone groups is 1. The number of aromatic nitrogens is 2. The maximum Gasteiger partial charge on any atom is 0.221 e. The summed E-state index contributed by atoms with van der Waals surface area (Å²) in [5.74, 6) is 0.0786. The zero-order valence-corrected chi connectivity index (χ0v) is 14.8. The first-order valence-electron chi connectivity index (χ1n) is 8.13. The van der Waals surface area contributed by atoms with Crippen molar-refractivity contribution in [2.45, 2.75) is 17.4 Å². The summed E-state index contributed by atoms with van der Waals surface area (Å²) >= 11 is 0. The molecular weight excluding hydrogens is 354 g/mol. The summed E-state index contributed by atoms with van der Waals surface area (Å²) in [6.45, 7) is 0.249. The Morgan fingerprint density at radius 1 is 1.15 bits per heavy atom. The zero-order valence-electron chi connectivity index (χ0n) is 14.0. The van der Waals surface area contributed by atoms with Crippen LogP contribution in [0.1, 0.15) is 18.2 Å². The third kappa shape index (κ3) is 4.40. The standard InChI is InChI=1S/C18H19N3O4S/c22-18(9-13-26(23,24)15-6-2-1-3-7-15)19-14-16(17-8-4-12-25-17)21-11-5-10-20-21/h1-8,10-12,16H,9,13-14H2,(H,19,22). The van der Waals surface area contributed by atoms with E-state index in [0.29, 0.717) is 5.76 Å². The van der Waals surface area contributed by atoms with Gasteiger partial charge in [0.25, 0.3) is 0 Å². The minimum Gasteiger partial charge on any atom is -0.467 e. The van der Waals surface area contributed by atoms with Crippen LogP contribution in [0.5, 0.6) is 0 Å². The lowest BCUT2D eigenvalue weighted by Crippen LogP contribution is -2.32. The van der Waals surface area contributed by atoms with Gasteiger partial charge in [0.05, 0.1) is 16.9 Å². The van der Waals surface area contributed by atoms with Gasteiger partial charge in [0.15, 0.2) is 9.84 Å². The number of hydrogen-bond donors (Lipinski definition) is 1. The second-order valence-electron chi connectivity index (χ2n) is 5.70. The second-order valence-corrected chi connectivity index (χ2v) is 7.81. The molecule has 2 heterocycles. The van der Waals surface area contributed by atoms with E-state index in [1.165, 1.54) is 12.1 Å². The molecule has 0 saturated heterocycles. The topological polar surface area (TPSA) is 94.2 Å². The van der Waals surface area contributed by atoms with Gasteiger partial charge in [0.2, 0.25) is 5.91 Å². The van der Waals surface area contributed by atoms with Crippen LogP contribution in [-0.2, 0) is 14.6 Å². The van der Waals surface area contributed by atoms with Crippen LogP contribution >= 0.6 is 0 Å². The quantitative estimate of drug-likeness (QED) is 0.652. The molecule has 3 rings (SSSR count). The van der Waals surface area contributed by atoms with Crippen molar-refractivity contribution in [1.29, 1.82) is 0 Å². The van der Waals surface area contributed by atoms with Crippen LogP contribution in [0.15, 0.2) is 76.5 Å². The van der Waals surface area contributed by atoms with Crippen molar-refractivity contribution in [2.24, 2.45) is 0 Å². The Balaban J connectivity index is 1.58. The fraction of sp³-hybridized carbons (Fsp3) is 0.222. The van der Waals surface area contributed by atoms with Gasteiger partial charge in [0, 0.05) is 25.4 Å². The number of rotatable bonds is 8. The van der Waals surface area contributed by atoms with Crippen LogP contribution in [0.3, 0.4) is 0 Å². The van der Waals surface area contributed by atoms with Crippen LogP contribution in [0.2, 0.25) is 0 Å². The molecule has 0 aliphatic carbocycles. The SMILES string of the molecule is O=C(CCS(=O)(=O)c1ccccc1)NCC(c1ccco1)n1cccn1. The highest BCUT2D eigenvalue weighted by Gasteiger charge is 2.20. The molecule has 7 nitrogen and oxygen atoms in total. The first kappa shape index (κ1) is 17.9. The summed E-state index contributed by atoms with van der Waals surface area (Å²) in [6, 6.07) is 13.2. The molecule has 0 aliphatic rings. The molecule has 0 aliphatic heterocycles. The molecular formula is C18H19N3O4S. The Kier molecular flexibility index (Phi) is 5.52. The van der Waals surface area contributed by atoms with Crippen LogP contribution in [0, 0.1) is 0 Å². The lowest BCUT2D eigenvalue weighted by molar-refractivity contribution is -0.120. The smallest absolute Gasteiger partial charge is 0.221 e. The van der Waals surface area contributed by atoms with Gasteiger partial charge in [-0.05, 0) is 30.3 Å². The van der Waals surface area contributed by atoms with Crippen molar-refractivity contribution >= 4 is 15.7 Å². The molecule has 1 atom stereocenters. The number of hydrogen-bond acceptors (Lipinski definition) is 5. The summed E-state index contributed by atoms with van der Waals surface area (Å²) in [6.07, 6.45) is 4.87. The highest BCUT2D eigenvalue weighted by molar-refractivity contribution is 7.91. The van der Waals surface area contributed by atoms with Gasteiger partial charge >= 0.3 is 0 Å². The maximum absolute atomic E-state index is 12.2. The normalized spacial score (nSPS) is 12.6. The molecule has 1 N–H and O–H groups in total.